The van der Waals surface area contributed by atoms with E-state index in [1.165, 1.54) is 15.6 Å². The summed E-state index contributed by atoms with van der Waals surface area (Å²) in [6, 6.07) is 9.90. The van der Waals surface area contributed by atoms with Gasteiger partial charge in [0.2, 0.25) is 0 Å². The highest BCUT2D eigenvalue weighted by Gasteiger charge is 2.30. The monoisotopic (exact) mass is 385 g/mol. The molecule has 2 aromatic rings. The maximum Gasteiger partial charge on any atom is 0.321 e. The first-order chi connectivity index (χ1) is 11.5. The third kappa shape index (κ3) is 3.72. The Morgan fingerprint density at radius 1 is 1.08 bits per heavy atom. The van der Waals surface area contributed by atoms with Crippen LogP contribution in [0.25, 0.3) is 0 Å². The van der Waals surface area contributed by atoms with E-state index in [0.29, 0.717) is 28.0 Å². The second kappa shape index (κ2) is 7.10. The van der Waals surface area contributed by atoms with Gasteiger partial charge in [-0.3, -0.25) is 0 Å². The number of piperazine rings is 1. The molecule has 1 aromatic carbocycles. The summed E-state index contributed by atoms with van der Waals surface area (Å²) >= 11 is 7.01. The number of amides is 2. The van der Waals surface area contributed by atoms with Crippen molar-refractivity contribution in [3.63, 3.8) is 0 Å². The van der Waals surface area contributed by atoms with E-state index in [4.69, 9.17) is 11.6 Å². The van der Waals surface area contributed by atoms with Crippen LogP contribution in [0.1, 0.15) is 0 Å². The van der Waals surface area contributed by atoms with Crippen molar-refractivity contribution in [3.8, 4) is 0 Å². The van der Waals surface area contributed by atoms with Crippen molar-refractivity contribution < 1.29 is 13.2 Å². The fourth-order valence-corrected chi connectivity index (χ4v) is 5.10. The summed E-state index contributed by atoms with van der Waals surface area (Å²) in [4.78, 5) is 13.9. The highest BCUT2D eigenvalue weighted by atomic mass is 35.5. The molecule has 24 heavy (non-hydrogen) atoms. The Labute approximate surface area is 149 Å². The largest absolute Gasteiger partial charge is 0.322 e. The molecule has 9 heteroatoms. The number of urea groups is 1. The number of hydrogen-bond donors (Lipinski definition) is 1. The van der Waals surface area contributed by atoms with Gasteiger partial charge in [0.1, 0.15) is 4.21 Å². The summed E-state index contributed by atoms with van der Waals surface area (Å²) in [5.41, 5.74) is 0.651. The van der Waals surface area contributed by atoms with Crippen molar-refractivity contribution in [2.24, 2.45) is 0 Å². The fourth-order valence-electron chi connectivity index (χ4n) is 2.40. The number of nitrogens with one attached hydrogen (secondary N) is 1. The van der Waals surface area contributed by atoms with Gasteiger partial charge in [0.25, 0.3) is 10.0 Å². The molecule has 0 spiro atoms. The second-order valence-electron chi connectivity index (χ2n) is 5.26. The Hall–Kier alpha value is -1.61. The van der Waals surface area contributed by atoms with Crippen LogP contribution in [0.5, 0.6) is 0 Å². The zero-order valence-corrected chi connectivity index (χ0v) is 15.1. The molecular weight excluding hydrogens is 370 g/mol. The maximum atomic E-state index is 12.5. The number of rotatable bonds is 3. The summed E-state index contributed by atoms with van der Waals surface area (Å²) in [7, 11) is -3.45. The standard InChI is InChI=1S/C15H16ClN3O3S2/c16-12-3-5-13(6-4-12)17-15(20)18-7-9-19(10-8-18)24(21,22)14-2-1-11-23-14/h1-6,11H,7-10H2,(H,17,20). The topological polar surface area (TPSA) is 69.7 Å². The number of hydrogen-bond acceptors (Lipinski definition) is 4. The smallest absolute Gasteiger partial charge is 0.321 e. The van der Waals surface area contributed by atoms with Crippen LogP contribution in [0.3, 0.4) is 0 Å². The molecule has 1 fully saturated rings. The summed E-state index contributed by atoms with van der Waals surface area (Å²) in [6.07, 6.45) is 0. The molecule has 0 unspecified atom stereocenters. The number of carbonyl (C=O) groups excluding carboxylic acids is 1. The van der Waals surface area contributed by atoms with E-state index in [1.807, 2.05) is 0 Å². The van der Waals surface area contributed by atoms with Gasteiger partial charge >= 0.3 is 6.03 Å². The molecular formula is C15H16ClN3O3S2. The van der Waals surface area contributed by atoms with Gasteiger partial charge in [-0.15, -0.1) is 11.3 Å². The Balaban J connectivity index is 1.58. The molecule has 2 heterocycles. The fraction of sp³-hybridized carbons (Fsp3) is 0.267. The second-order valence-corrected chi connectivity index (χ2v) is 8.81. The average molecular weight is 386 g/mol. The molecule has 0 radical (unpaired) electrons. The summed E-state index contributed by atoms with van der Waals surface area (Å²) in [6.45, 7) is 1.27. The maximum absolute atomic E-state index is 12.5. The molecule has 0 saturated carbocycles. The molecule has 3 rings (SSSR count). The third-order valence-corrected chi connectivity index (χ3v) is 7.23. The predicted molar refractivity (Wildman–Crippen MR) is 95.1 cm³/mol. The quantitative estimate of drug-likeness (QED) is 0.883. The number of benzene rings is 1. The lowest BCUT2D eigenvalue weighted by Crippen LogP contribution is -2.51. The van der Waals surface area contributed by atoms with Crippen molar-refractivity contribution in [2.45, 2.75) is 4.21 Å². The van der Waals surface area contributed by atoms with Crippen molar-refractivity contribution in [2.75, 3.05) is 31.5 Å². The van der Waals surface area contributed by atoms with Crippen LogP contribution in [0.2, 0.25) is 5.02 Å². The lowest BCUT2D eigenvalue weighted by Gasteiger charge is -2.33. The lowest BCUT2D eigenvalue weighted by molar-refractivity contribution is 0.184. The first-order valence-corrected chi connectivity index (χ1v) is 10.0. The van der Waals surface area contributed by atoms with E-state index < -0.39 is 10.0 Å². The number of sulfonamides is 1. The van der Waals surface area contributed by atoms with Crippen molar-refractivity contribution in [3.05, 3.63) is 46.8 Å². The van der Waals surface area contributed by atoms with E-state index >= 15 is 0 Å². The van der Waals surface area contributed by atoms with Gasteiger partial charge in [-0.1, -0.05) is 17.7 Å². The molecule has 1 aliphatic rings. The van der Waals surface area contributed by atoms with E-state index in [2.05, 4.69) is 5.32 Å². The first-order valence-electron chi connectivity index (χ1n) is 7.32. The molecule has 0 bridgehead atoms. The molecule has 0 atom stereocenters. The summed E-state index contributed by atoms with van der Waals surface area (Å²) in [5, 5.41) is 5.12. The lowest BCUT2D eigenvalue weighted by atomic mass is 10.3. The van der Waals surface area contributed by atoms with Crippen LogP contribution < -0.4 is 5.32 Å². The van der Waals surface area contributed by atoms with E-state index in [9.17, 15) is 13.2 Å². The van der Waals surface area contributed by atoms with Gasteiger partial charge in [-0.25, -0.2) is 13.2 Å². The van der Waals surface area contributed by atoms with Crippen LogP contribution >= 0.6 is 22.9 Å². The minimum atomic E-state index is -3.45. The molecule has 2 amide bonds. The minimum absolute atomic E-state index is 0.245. The number of anilines is 1. The SMILES string of the molecule is O=C(Nc1ccc(Cl)cc1)N1CCN(S(=O)(=O)c2cccs2)CC1. The molecule has 1 N–H and O–H groups in total. The van der Waals surface area contributed by atoms with Gasteiger partial charge in [-0.05, 0) is 35.7 Å². The summed E-state index contributed by atoms with van der Waals surface area (Å²) < 4.78 is 26.7. The van der Waals surface area contributed by atoms with Gasteiger partial charge in [-0.2, -0.15) is 4.31 Å². The molecule has 1 aromatic heterocycles. The number of nitrogens with zero attached hydrogens (tertiary/aromatic N) is 2. The Kier molecular flexibility index (Phi) is 5.09. The molecule has 6 nitrogen and oxygen atoms in total. The van der Waals surface area contributed by atoms with E-state index in [0.717, 1.165) is 0 Å². The van der Waals surface area contributed by atoms with Gasteiger partial charge in [0.15, 0.2) is 0 Å². The van der Waals surface area contributed by atoms with Gasteiger partial charge in [0, 0.05) is 36.9 Å². The predicted octanol–water partition coefficient (Wildman–Crippen LogP) is 2.94. The number of carbonyl (C=O) groups is 1. The van der Waals surface area contributed by atoms with E-state index in [-0.39, 0.29) is 19.1 Å². The average Bonchev–Trinajstić information content (AvgIpc) is 3.12. The summed E-state index contributed by atoms with van der Waals surface area (Å²) in [5.74, 6) is 0. The third-order valence-electron chi connectivity index (χ3n) is 3.71. The minimum Gasteiger partial charge on any atom is -0.322 e. The Morgan fingerprint density at radius 2 is 1.75 bits per heavy atom. The highest BCUT2D eigenvalue weighted by molar-refractivity contribution is 7.91. The van der Waals surface area contributed by atoms with Crippen molar-refractivity contribution in [1.82, 2.24) is 9.21 Å². The first kappa shape index (κ1) is 17.2. The van der Waals surface area contributed by atoms with Crippen LogP contribution in [0.15, 0.2) is 46.0 Å². The molecule has 1 saturated heterocycles. The zero-order valence-electron chi connectivity index (χ0n) is 12.7. The Bertz CT molecular complexity index is 799. The Morgan fingerprint density at radius 3 is 2.33 bits per heavy atom. The molecule has 0 aliphatic carbocycles. The number of halogens is 1. The van der Waals surface area contributed by atoms with Gasteiger partial charge < -0.3 is 10.2 Å². The normalized spacial score (nSPS) is 16.1. The highest BCUT2D eigenvalue weighted by Crippen LogP contribution is 2.22. The van der Waals surface area contributed by atoms with Crippen molar-refractivity contribution >= 4 is 44.7 Å². The van der Waals surface area contributed by atoms with Crippen LogP contribution in [-0.2, 0) is 10.0 Å². The van der Waals surface area contributed by atoms with Crippen LogP contribution in [-0.4, -0.2) is 49.8 Å². The van der Waals surface area contributed by atoms with Gasteiger partial charge in [0.05, 0.1) is 0 Å². The zero-order chi connectivity index (χ0) is 17.2. The molecule has 1 aliphatic heterocycles. The van der Waals surface area contributed by atoms with Crippen LogP contribution in [0.4, 0.5) is 10.5 Å². The molecule has 128 valence electrons. The van der Waals surface area contributed by atoms with Crippen LogP contribution in [0, 0.1) is 0 Å². The number of thiophene rings is 1. The van der Waals surface area contributed by atoms with E-state index in [1.54, 1.807) is 46.7 Å². The van der Waals surface area contributed by atoms with Crippen molar-refractivity contribution in [1.29, 1.82) is 0 Å².